The van der Waals surface area contributed by atoms with E-state index in [0.29, 0.717) is 4.88 Å². The van der Waals surface area contributed by atoms with Gasteiger partial charge in [-0.1, -0.05) is 29.5 Å². The Labute approximate surface area is 110 Å². The maximum absolute atomic E-state index is 12.2. The Morgan fingerprint density at radius 3 is 2.56 bits per heavy atom. The first-order chi connectivity index (χ1) is 8.63. The van der Waals surface area contributed by atoms with Gasteiger partial charge in [-0.25, -0.2) is 0 Å². The molecule has 2 rings (SSSR count). The molecule has 0 atom stereocenters. The number of carbonyl (C=O) groups is 1. The highest BCUT2D eigenvalue weighted by atomic mass is 32.1. The van der Waals surface area contributed by atoms with Crippen molar-refractivity contribution in [3.63, 3.8) is 0 Å². The van der Waals surface area contributed by atoms with Gasteiger partial charge in [0.2, 0.25) is 0 Å². The number of thiazole rings is 1. The highest BCUT2D eigenvalue weighted by Crippen LogP contribution is 2.14. The molecule has 0 bridgehead atoms. The molecule has 0 saturated heterocycles. The highest BCUT2D eigenvalue weighted by Gasteiger charge is 2.14. The van der Waals surface area contributed by atoms with Crippen LogP contribution in [0.15, 0.2) is 35.3 Å². The summed E-state index contributed by atoms with van der Waals surface area (Å²) in [4.78, 5) is 17.8. The molecular formula is C13H15N3OS. The van der Waals surface area contributed by atoms with E-state index in [2.05, 4.69) is 10.3 Å². The number of carbonyl (C=O) groups excluding carboxylic acids is 1. The van der Waals surface area contributed by atoms with Crippen molar-refractivity contribution in [1.82, 2.24) is 4.57 Å². The number of aromatic nitrogens is 1. The summed E-state index contributed by atoms with van der Waals surface area (Å²) in [5.41, 5.74) is 1.72. The molecule has 0 unspecified atom stereocenters. The number of nitrogens with zero attached hydrogens (tertiary/aromatic N) is 2. The maximum atomic E-state index is 12.2. The summed E-state index contributed by atoms with van der Waals surface area (Å²) in [5.74, 6) is -0.0887. The first-order valence-electron chi connectivity index (χ1n) is 5.59. The first kappa shape index (κ1) is 12.6. The summed E-state index contributed by atoms with van der Waals surface area (Å²) in [6.45, 7) is 1.92. The third kappa shape index (κ3) is 2.36. The minimum Gasteiger partial charge on any atom is -0.324 e. The molecule has 0 radical (unpaired) electrons. The van der Waals surface area contributed by atoms with E-state index in [1.165, 1.54) is 11.3 Å². The zero-order chi connectivity index (χ0) is 13.1. The lowest BCUT2D eigenvalue weighted by Crippen LogP contribution is -2.13. The van der Waals surface area contributed by atoms with Crippen molar-refractivity contribution in [3.8, 4) is 0 Å². The molecule has 1 aromatic carbocycles. The van der Waals surface area contributed by atoms with E-state index in [0.717, 1.165) is 16.2 Å². The summed E-state index contributed by atoms with van der Waals surface area (Å²) >= 11 is 1.40. The zero-order valence-corrected chi connectivity index (χ0v) is 11.4. The monoisotopic (exact) mass is 261 g/mol. The van der Waals surface area contributed by atoms with E-state index in [1.807, 2.05) is 48.9 Å². The van der Waals surface area contributed by atoms with Crippen molar-refractivity contribution < 1.29 is 4.79 Å². The number of nitrogens with one attached hydrogen (secondary N) is 1. The Kier molecular flexibility index (Phi) is 3.62. The van der Waals surface area contributed by atoms with Gasteiger partial charge in [0.15, 0.2) is 4.80 Å². The summed E-state index contributed by atoms with van der Waals surface area (Å²) in [5, 5.41) is 2.88. The molecule has 0 spiro atoms. The van der Waals surface area contributed by atoms with Gasteiger partial charge in [0.05, 0.1) is 0 Å². The third-order valence-electron chi connectivity index (χ3n) is 2.74. The molecule has 94 valence electrons. The van der Waals surface area contributed by atoms with E-state index < -0.39 is 0 Å². The fourth-order valence-corrected chi connectivity index (χ4v) is 2.62. The summed E-state index contributed by atoms with van der Waals surface area (Å²) in [6, 6.07) is 9.44. The highest BCUT2D eigenvalue weighted by molar-refractivity contribution is 7.11. The fourth-order valence-electron chi connectivity index (χ4n) is 1.65. The smallest absolute Gasteiger partial charge is 0.267 e. The molecule has 0 aliphatic rings. The zero-order valence-electron chi connectivity index (χ0n) is 10.6. The average Bonchev–Trinajstić information content (AvgIpc) is 2.67. The van der Waals surface area contributed by atoms with Gasteiger partial charge in [0.1, 0.15) is 4.88 Å². The molecule has 1 heterocycles. The summed E-state index contributed by atoms with van der Waals surface area (Å²) < 4.78 is 1.92. The Balaban J connectivity index is 2.30. The predicted octanol–water partition coefficient (Wildman–Crippen LogP) is 2.18. The Morgan fingerprint density at radius 2 is 2.00 bits per heavy atom. The van der Waals surface area contributed by atoms with Gasteiger partial charge >= 0.3 is 0 Å². The van der Waals surface area contributed by atoms with Crippen LogP contribution in [-0.2, 0) is 7.05 Å². The minimum absolute atomic E-state index is 0.0887. The minimum atomic E-state index is -0.0887. The predicted molar refractivity (Wildman–Crippen MR) is 73.9 cm³/mol. The normalized spacial score (nSPS) is 11.6. The van der Waals surface area contributed by atoms with Crippen molar-refractivity contribution in [2.45, 2.75) is 6.92 Å². The molecule has 1 aromatic heterocycles. The molecule has 0 saturated carbocycles. The van der Waals surface area contributed by atoms with Crippen molar-refractivity contribution in [2.75, 3.05) is 12.4 Å². The molecule has 0 aliphatic heterocycles. The average molecular weight is 261 g/mol. The molecule has 18 heavy (non-hydrogen) atoms. The Morgan fingerprint density at radius 1 is 1.33 bits per heavy atom. The van der Waals surface area contributed by atoms with Crippen LogP contribution in [0.4, 0.5) is 5.69 Å². The lowest BCUT2D eigenvalue weighted by molar-refractivity contribution is 0.102. The van der Waals surface area contributed by atoms with Crippen LogP contribution in [-0.4, -0.2) is 17.5 Å². The van der Waals surface area contributed by atoms with Gasteiger partial charge < -0.3 is 9.88 Å². The van der Waals surface area contributed by atoms with Gasteiger partial charge in [0.25, 0.3) is 5.91 Å². The van der Waals surface area contributed by atoms with Crippen LogP contribution in [0.25, 0.3) is 0 Å². The number of hydrogen-bond acceptors (Lipinski definition) is 3. The molecular weight excluding hydrogens is 246 g/mol. The van der Waals surface area contributed by atoms with Crippen LogP contribution in [0.3, 0.4) is 0 Å². The van der Waals surface area contributed by atoms with E-state index >= 15 is 0 Å². The second-order valence-corrected chi connectivity index (χ2v) is 4.88. The first-order valence-corrected chi connectivity index (χ1v) is 6.40. The van der Waals surface area contributed by atoms with Crippen LogP contribution < -0.4 is 10.1 Å². The molecule has 0 aliphatic carbocycles. The molecule has 4 nitrogen and oxygen atoms in total. The Hall–Kier alpha value is -1.88. The van der Waals surface area contributed by atoms with E-state index in [1.54, 1.807) is 7.05 Å². The van der Waals surface area contributed by atoms with Crippen LogP contribution >= 0.6 is 11.3 Å². The van der Waals surface area contributed by atoms with Crippen LogP contribution in [0.1, 0.15) is 15.4 Å². The number of hydrogen-bond donors (Lipinski definition) is 1. The lowest BCUT2D eigenvalue weighted by atomic mass is 10.3. The molecule has 1 amide bonds. The van der Waals surface area contributed by atoms with Crippen LogP contribution in [0.5, 0.6) is 0 Å². The number of para-hydroxylation sites is 1. The topological polar surface area (TPSA) is 46.4 Å². The number of benzene rings is 1. The van der Waals surface area contributed by atoms with Crippen LogP contribution in [0.2, 0.25) is 0 Å². The Bertz CT molecular complexity index is 625. The molecule has 5 heteroatoms. The number of rotatable bonds is 2. The van der Waals surface area contributed by atoms with Crippen molar-refractivity contribution in [1.29, 1.82) is 0 Å². The van der Waals surface area contributed by atoms with E-state index in [-0.39, 0.29) is 5.91 Å². The number of amides is 1. The van der Waals surface area contributed by atoms with Gasteiger partial charge in [0, 0.05) is 25.5 Å². The molecule has 2 aromatic rings. The SMILES string of the molecule is CN=c1sc(C(=O)Nc2ccccc2)c(C)n1C. The largest absolute Gasteiger partial charge is 0.324 e. The summed E-state index contributed by atoms with van der Waals surface area (Å²) in [7, 11) is 3.64. The lowest BCUT2D eigenvalue weighted by Gasteiger charge is -2.03. The van der Waals surface area contributed by atoms with Crippen molar-refractivity contribution >= 4 is 22.9 Å². The van der Waals surface area contributed by atoms with E-state index in [4.69, 9.17) is 0 Å². The van der Waals surface area contributed by atoms with Gasteiger partial charge in [-0.15, -0.1) is 0 Å². The van der Waals surface area contributed by atoms with Gasteiger partial charge in [-0.2, -0.15) is 0 Å². The molecule has 1 N–H and O–H groups in total. The molecule has 0 fully saturated rings. The second kappa shape index (κ2) is 5.18. The summed E-state index contributed by atoms with van der Waals surface area (Å²) in [6.07, 6.45) is 0. The third-order valence-corrected chi connectivity index (χ3v) is 4.07. The standard InChI is InChI=1S/C13H15N3OS/c1-9-11(18-13(14-2)16(9)3)12(17)15-10-7-5-4-6-8-10/h4-8H,1-3H3,(H,15,17). The fraction of sp³-hybridized carbons (Fsp3) is 0.231. The maximum Gasteiger partial charge on any atom is 0.267 e. The number of anilines is 1. The van der Waals surface area contributed by atoms with Crippen molar-refractivity contribution in [2.24, 2.45) is 12.0 Å². The van der Waals surface area contributed by atoms with Gasteiger partial charge in [-0.3, -0.25) is 9.79 Å². The second-order valence-electron chi connectivity index (χ2n) is 3.90. The van der Waals surface area contributed by atoms with E-state index in [9.17, 15) is 4.79 Å². The van der Waals surface area contributed by atoms with Gasteiger partial charge in [-0.05, 0) is 19.1 Å². The quantitative estimate of drug-likeness (QED) is 0.885. The van der Waals surface area contributed by atoms with Crippen molar-refractivity contribution in [3.05, 3.63) is 45.7 Å². The van der Waals surface area contributed by atoms with Crippen LogP contribution in [0, 0.1) is 6.92 Å².